The van der Waals surface area contributed by atoms with Crippen molar-refractivity contribution in [3.8, 4) is 0 Å². The van der Waals surface area contributed by atoms with E-state index >= 15 is 0 Å². The van der Waals surface area contributed by atoms with Crippen molar-refractivity contribution in [1.29, 1.82) is 0 Å². The maximum Gasteiger partial charge on any atom is 0.246 e. The standard InChI is InChI=1S/C18H17F2N3O2/c1-10(18(25)22-13-3-5-14(19)15(20)9-13)21-12-4-6-16-11(8-12)2-7-17(24)23-16/h3-6,8-10,21H,2,7H2,1H3,(H,22,25)(H,23,24)/t10-/m0/s1. The number of halogens is 2. The molecule has 5 nitrogen and oxygen atoms in total. The van der Waals surface area contributed by atoms with Gasteiger partial charge in [-0.3, -0.25) is 9.59 Å². The lowest BCUT2D eigenvalue weighted by Gasteiger charge is -2.20. The van der Waals surface area contributed by atoms with Crippen LogP contribution in [0, 0.1) is 11.6 Å². The van der Waals surface area contributed by atoms with Crippen molar-refractivity contribution in [2.24, 2.45) is 0 Å². The van der Waals surface area contributed by atoms with Gasteiger partial charge < -0.3 is 16.0 Å². The first-order valence-corrected chi connectivity index (χ1v) is 7.87. The molecule has 0 bridgehead atoms. The second-order valence-electron chi connectivity index (χ2n) is 5.90. The van der Waals surface area contributed by atoms with Crippen molar-refractivity contribution in [2.45, 2.75) is 25.8 Å². The molecule has 7 heteroatoms. The topological polar surface area (TPSA) is 70.2 Å². The summed E-state index contributed by atoms with van der Waals surface area (Å²) in [6.07, 6.45) is 1.08. The summed E-state index contributed by atoms with van der Waals surface area (Å²) in [5, 5.41) is 8.38. The number of carbonyl (C=O) groups is 2. The molecule has 1 atom stereocenters. The largest absolute Gasteiger partial charge is 0.374 e. The lowest BCUT2D eigenvalue weighted by atomic mass is 10.0. The molecule has 2 aromatic rings. The summed E-state index contributed by atoms with van der Waals surface area (Å²) in [4.78, 5) is 23.6. The highest BCUT2D eigenvalue weighted by atomic mass is 19.2. The molecule has 1 aliphatic rings. The maximum absolute atomic E-state index is 13.2. The molecule has 0 radical (unpaired) electrons. The fourth-order valence-electron chi connectivity index (χ4n) is 2.61. The smallest absolute Gasteiger partial charge is 0.246 e. The molecule has 2 amide bonds. The van der Waals surface area contributed by atoms with Gasteiger partial charge in [-0.05, 0) is 49.2 Å². The van der Waals surface area contributed by atoms with Crippen LogP contribution in [0.1, 0.15) is 18.9 Å². The normalized spacial score (nSPS) is 14.3. The third kappa shape index (κ3) is 3.93. The highest BCUT2D eigenvalue weighted by Crippen LogP contribution is 2.26. The molecule has 0 fully saturated rings. The van der Waals surface area contributed by atoms with E-state index in [0.29, 0.717) is 12.8 Å². The fraction of sp³-hybridized carbons (Fsp3) is 0.222. The Hall–Kier alpha value is -2.96. The van der Waals surface area contributed by atoms with E-state index in [1.54, 1.807) is 19.1 Å². The molecule has 0 saturated carbocycles. The SMILES string of the molecule is C[C@H](Nc1ccc2c(c1)CCC(=O)N2)C(=O)Nc1ccc(F)c(F)c1. The molecule has 1 heterocycles. The summed E-state index contributed by atoms with van der Waals surface area (Å²) in [5.41, 5.74) is 2.70. The number of anilines is 3. The second-order valence-corrected chi connectivity index (χ2v) is 5.90. The Morgan fingerprint density at radius 3 is 2.60 bits per heavy atom. The minimum atomic E-state index is -1.02. The van der Waals surface area contributed by atoms with Crippen LogP contribution >= 0.6 is 0 Å². The molecule has 130 valence electrons. The van der Waals surface area contributed by atoms with Gasteiger partial charge in [0.25, 0.3) is 0 Å². The molecule has 0 saturated heterocycles. The van der Waals surface area contributed by atoms with Gasteiger partial charge >= 0.3 is 0 Å². The summed E-state index contributed by atoms with van der Waals surface area (Å²) < 4.78 is 26.1. The van der Waals surface area contributed by atoms with E-state index in [1.807, 2.05) is 6.07 Å². The Morgan fingerprint density at radius 1 is 1.08 bits per heavy atom. The van der Waals surface area contributed by atoms with E-state index < -0.39 is 17.7 Å². The van der Waals surface area contributed by atoms with Crippen molar-refractivity contribution >= 4 is 28.9 Å². The first-order valence-electron chi connectivity index (χ1n) is 7.87. The molecule has 0 aromatic heterocycles. The van der Waals surface area contributed by atoms with E-state index in [0.717, 1.165) is 29.1 Å². The number of hydrogen-bond donors (Lipinski definition) is 3. The zero-order valence-electron chi connectivity index (χ0n) is 13.5. The van der Waals surface area contributed by atoms with E-state index in [4.69, 9.17) is 0 Å². The predicted octanol–water partition coefficient (Wildman–Crippen LogP) is 3.29. The monoisotopic (exact) mass is 345 g/mol. The highest BCUT2D eigenvalue weighted by molar-refractivity contribution is 5.97. The van der Waals surface area contributed by atoms with Crippen LogP contribution in [0.15, 0.2) is 36.4 Å². The van der Waals surface area contributed by atoms with Crippen LogP contribution in [0.2, 0.25) is 0 Å². The molecular formula is C18H17F2N3O2. The van der Waals surface area contributed by atoms with Crippen molar-refractivity contribution in [2.75, 3.05) is 16.0 Å². The van der Waals surface area contributed by atoms with Crippen molar-refractivity contribution in [1.82, 2.24) is 0 Å². The third-order valence-electron chi connectivity index (χ3n) is 3.96. The highest BCUT2D eigenvalue weighted by Gasteiger charge is 2.17. The Kier molecular flexibility index (Phi) is 4.65. The average molecular weight is 345 g/mol. The number of hydrogen-bond acceptors (Lipinski definition) is 3. The molecule has 0 spiro atoms. The zero-order chi connectivity index (χ0) is 18.0. The molecule has 0 unspecified atom stereocenters. The van der Waals surface area contributed by atoms with Gasteiger partial charge in [0.05, 0.1) is 0 Å². The van der Waals surface area contributed by atoms with Crippen LogP contribution in [0.25, 0.3) is 0 Å². The summed E-state index contributed by atoms with van der Waals surface area (Å²) in [7, 11) is 0. The number of fused-ring (bicyclic) bond motifs is 1. The molecular weight excluding hydrogens is 328 g/mol. The van der Waals surface area contributed by atoms with Crippen LogP contribution in [0.3, 0.4) is 0 Å². The van der Waals surface area contributed by atoms with Gasteiger partial charge in [-0.1, -0.05) is 0 Å². The molecule has 25 heavy (non-hydrogen) atoms. The predicted molar refractivity (Wildman–Crippen MR) is 91.5 cm³/mol. The summed E-state index contributed by atoms with van der Waals surface area (Å²) >= 11 is 0. The zero-order valence-corrected chi connectivity index (χ0v) is 13.5. The Morgan fingerprint density at radius 2 is 1.84 bits per heavy atom. The van der Waals surface area contributed by atoms with E-state index in [2.05, 4.69) is 16.0 Å². The maximum atomic E-state index is 13.2. The van der Waals surface area contributed by atoms with Crippen molar-refractivity contribution < 1.29 is 18.4 Å². The number of carbonyl (C=O) groups excluding carboxylic acids is 2. The van der Waals surface area contributed by atoms with Gasteiger partial charge in [0.15, 0.2) is 11.6 Å². The first kappa shape index (κ1) is 16.9. The minimum absolute atomic E-state index is 0.00696. The van der Waals surface area contributed by atoms with Crippen molar-refractivity contribution in [3.63, 3.8) is 0 Å². The molecule has 1 aliphatic heterocycles. The Labute approximate surface area is 143 Å². The number of nitrogens with one attached hydrogen (secondary N) is 3. The number of benzene rings is 2. The molecule has 0 aliphatic carbocycles. The van der Waals surface area contributed by atoms with Gasteiger partial charge in [-0.2, -0.15) is 0 Å². The van der Waals surface area contributed by atoms with Crippen LogP contribution in [-0.2, 0) is 16.0 Å². The van der Waals surface area contributed by atoms with E-state index in [-0.39, 0.29) is 17.5 Å². The molecule has 2 aromatic carbocycles. The Balaban J connectivity index is 1.65. The number of aryl methyl sites for hydroxylation is 1. The minimum Gasteiger partial charge on any atom is -0.374 e. The van der Waals surface area contributed by atoms with E-state index in [1.165, 1.54) is 6.07 Å². The van der Waals surface area contributed by atoms with Crippen molar-refractivity contribution in [3.05, 3.63) is 53.6 Å². The lowest BCUT2D eigenvalue weighted by Crippen LogP contribution is -2.32. The van der Waals surface area contributed by atoms with Gasteiger partial charge in [-0.15, -0.1) is 0 Å². The van der Waals surface area contributed by atoms with Gasteiger partial charge in [0.1, 0.15) is 6.04 Å². The fourth-order valence-corrected chi connectivity index (χ4v) is 2.61. The summed E-state index contributed by atoms with van der Waals surface area (Å²) in [6.45, 7) is 1.66. The summed E-state index contributed by atoms with van der Waals surface area (Å²) in [6, 6.07) is 8.04. The molecule has 3 N–H and O–H groups in total. The van der Waals surface area contributed by atoms with Crippen LogP contribution < -0.4 is 16.0 Å². The van der Waals surface area contributed by atoms with Gasteiger partial charge in [0, 0.05) is 29.5 Å². The second kappa shape index (κ2) is 6.88. The summed E-state index contributed by atoms with van der Waals surface area (Å²) in [5.74, 6) is -2.37. The van der Waals surface area contributed by atoms with Crippen LogP contribution in [0.4, 0.5) is 25.8 Å². The first-order chi connectivity index (χ1) is 11.9. The van der Waals surface area contributed by atoms with Crippen LogP contribution in [-0.4, -0.2) is 17.9 Å². The Bertz CT molecular complexity index is 839. The number of rotatable bonds is 4. The van der Waals surface area contributed by atoms with Crippen LogP contribution in [0.5, 0.6) is 0 Å². The van der Waals surface area contributed by atoms with Gasteiger partial charge in [0.2, 0.25) is 11.8 Å². The third-order valence-corrected chi connectivity index (χ3v) is 3.96. The average Bonchev–Trinajstić information content (AvgIpc) is 2.58. The van der Waals surface area contributed by atoms with E-state index in [9.17, 15) is 18.4 Å². The lowest BCUT2D eigenvalue weighted by molar-refractivity contribution is -0.117. The quantitative estimate of drug-likeness (QED) is 0.796. The van der Waals surface area contributed by atoms with Gasteiger partial charge in [-0.25, -0.2) is 8.78 Å². The number of amides is 2. The molecule has 3 rings (SSSR count).